The first-order valence-corrected chi connectivity index (χ1v) is 9.53. The molecule has 1 aromatic heterocycles. The molecule has 0 spiro atoms. The van der Waals surface area contributed by atoms with E-state index in [9.17, 15) is 0 Å². The highest BCUT2D eigenvalue weighted by Gasteiger charge is 2.16. The number of para-hydroxylation sites is 1. The van der Waals surface area contributed by atoms with E-state index in [4.69, 9.17) is 4.74 Å². The van der Waals surface area contributed by atoms with Gasteiger partial charge in [0.2, 0.25) is 17.8 Å². The predicted octanol–water partition coefficient (Wildman–Crippen LogP) is 3.21. The topological polar surface area (TPSA) is 87.6 Å². The van der Waals surface area contributed by atoms with Gasteiger partial charge in [0.25, 0.3) is 0 Å². The van der Waals surface area contributed by atoms with Crippen molar-refractivity contribution in [3.8, 4) is 0 Å². The second kappa shape index (κ2) is 9.11. The number of hydrogen-bond donors (Lipinski definition) is 2. The predicted molar refractivity (Wildman–Crippen MR) is 115 cm³/mol. The van der Waals surface area contributed by atoms with Crippen LogP contribution in [0, 0.1) is 6.92 Å². The smallest absolute Gasteiger partial charge is 0.250 e. The molecule has 0 atom stereocenters. The Morgan fingerprint density at radius 1 is 0.931 bits per heavy atom. The van der Waals surface area contributed by atoms with Gasteiger partial charge in [-0.3, -0.25) is 0 Å². The van der Waals surface area contributed by atoms with Crippen molar-refractivity contribution < 1.29 is 4.74 Å². The first-order chi connectivity index (χ1) is 14.3. The zero-order chi connectivity index (χ0) is 19.9. The van der Waals surface area contributed by atoms with Gasteiger partial charge in [0.05, 0.1) is 19.4 Å². The van der Waals surface area contributed by atoms with Gasteiger partial charge < -0.3 is 15.0 Å². The lowest BCUT2D eigenvalue weighted by Gasteiger charge is -2.27. The Morgan fingerprint density at radius 2 is 1.66 bits per heavy atom. The number of aromatic nitrogens is 3. The number of aryl methyl sites for hydroxylation is 1. The fraction of sp³-hybridized carbons (Fsp3) is 0.238. The van der Waals surface area contributed by atoms with Crippen molar-refractivity contribution in [3.63, 3.8) is 0 Å². The van der Waals surface area contributed by atoms with Gasteiger partial charge in [-0.2, -0.15) is 20.1 Å². The fourth-order valence-electron chi connectivity index (χ4n) is 2.84. The highest BCUT2D eigenvalue weighted by molar-refractivity contribution is 5.80. The van der Waals surface area contributed by atoms with Crippen LogP contribution in [0.5, 0.6) is 0 Å². The van der Waals surface area contributed by atoms with E-state index in [0.29, 0.717) is 31.1 Å². The van der Waals surface area contributed by atoms with Gasteiger partial charge >= 0.3 is 0 Å². The summed E-state index contributed by atoms with van der Waals surface area (Å²) in [5.74, 6) is 1.43. The molecule has 4 rings (SSSR count). The van der Waals surface area contributed by atoms with Gasteiger partial charge in [0.1, 0.15) is 0 Å². The van der Waals surface area contributed by atoms with Crippen molar-refractivity contribution in [3.05, 3.63) is 65.7 Å². The van der Waals surface area contributed by atoms with Crippen molar-refractivity contribution >= 4 is 29.7 Å². The Labute approximate surface area is 169 Å². The van der Waals surface area contributed by atoms with E-state index in [1.165, 1.54) is 5.56 Å². The Bertz CT molecular complexity index is 955. The van der Waals surface area contributed by atoms with Crippen molar-refractivity contribution in [2.75, 3.05) is 41.9 Å². The normalized spacial score (nSPS) is 14.2. The van der Waals surface area contributed by atoms with Crippen LogP contribution in [0.1, 0.15) is 11.1 Å². The molecule has 1 aliphatic rings. The summed E-state index contributed by atoms with van der Waals surface area (Å²) in [6.45, 7) is 4.84. The average molecular weight is 389 g/mol. The Morgan fingerprint density at radius 3 is 2.41 bits per heavy atom. The van der Waals surface area contributed by atoms with Crippen LogP contribution in [0.15, 0.2) is 59.7 Å². The number of hydrazone groups is 1. The minimum atomic E-state index is 0.378. The van der Waals surface area contributed by atoms with E-state index in [0.717, 1.165) is 24.3 Å². The van der Waals surface area contributed by atoms with Crippen molar-refractivity contribution in [2.24, 2.45) is 5.10 Å². The molecule has 8 nitrogen and oxygen atoms in total. The maximum Gasteiger partial charge on any atom is 0.250 e. The van der Waals surface area contributed by atoms with Crippen LogP contribution in [0.2, 0.25) is 0 Å². The molecule has 1 fully saturated rings. The maximum absolute atomic E-state index is 5.43. The van der Waals surface area contributed by atoms with E-state index in [1.54, 1.807) is 6.21 Å². The number of benzene rings is 2. The SMILES string of the molecule is Cc1ccc(/C=N/Nc2nc(Nc3ccccc3)nc(N3CCOCC3)n2)cc1. The average Bonchev–Trinajstić information content (AvgIpc) is 2.76. The molecule has 0 aliphatic carbocycles. The summed E-state index contributed by atoms with van der Waals surface area (Å²) in [4.78, 5) is 15.6. The lowest BCUT2D eigenvalue weighted by atomic mass is 10.2. The third kappa shape index (κ3) is 5.26. The number of nitrogens with one attached hydrogen (secondary N) is 2. The van der Waals surface area contributed by atoms with Crippen LogP contribution < -0.4 is 15.6 Å². The summed E-state index contributed by atoms with van der Waals surface area (Å²) in [5.41, 5.74) is 6.03. The molecule has 0 saturated carbocycles. The molecule has 29 heavy (non-hydrogen) atoms. The number of morpholine rings is 1. The fourth-order valence-corrected chi connectivity index (χ4v) is 2.84. The van der Waals surface area contributed by atoms with E-state index >= 15 is 0 Å². The van der Waals surface area contributed by atoms with E-state index in [1.807, 2.05) is 54.6 Å². The second-order valence-corrected chi connectivity index (χ2v) is 6.65. The van der Waals surface area contributed by atoms with Gasteiger partial charge in [-0.1, -0.05) is 48.0 Å². The highest BCUT2D eigenvalue weighted by Crippen LogP contribution is 2.18. The molecule has 3 aromatic rings. The van der Waals surface area contributed by atoms with Crippen LogP contribution in [0.3, 0.4) is 0 Å². The maximum atomic E-state index is 5.43. The largest absolute Gasteiger partial charge is 0.378 e. The van der Waals surface area contributed by atoms with E-state index < -0.39 is 0 Å². The molecule has 0 bridgehead atoms. The summed E-state index contributed by atoms with van der Waals surface area (Å²) in [6.07, 6.45) is 1.74. The molecule has 148 valence electrons. The third-order valence-corrected chi connectivity index (χ3v) is 4.40. The van der Waals surface area contributed by atoms with Crippen molar-refractivity contribution in [2.45, 2.75) is 6.92 Å². The molecule has 2 N–H and O–H groups in total. The molecule has 2 heterocycles. The molecular weight excluding hydrogens is 366 g/mol. The second-order valence-electron chi connectivity index (χ2n) is 6.65. The first kappa shape index (κ1) is 18.8. The third-order valence-electron chi connectivity index (χ3n) is 4.40. The molecule has 8 heteroatoms. The molecule has 0 amide bonds. The van der Waals surface area contributed by atoms with Gasteiger partial charge in [0, 0.05) is 18.8 Å². The summed E-state index contributed by atoms with van der Waals surface area (Å²) in [5, 5.41) is 7.50. The summed E-state index contributed by atoms with van der Waals surface area (Å²) < 4.78 is 5.43. The molecule has 1 saturated heterocycles. The highest BCUT2D eigenvalue weighted by atomic mass is 16.5. The van der Waals surface area contributed by atoms with Crippen LogP contribution in [-0.4, -0.2) is 47.5 Å². The molecule has 0 unspecified atom stereocenters. The van der Waals surface area contributed by atoms with Crippen LogP contribution in [0.25, 0.3) is 0 Å². The molecule has 0 radical (unpaired) electrons. The molecule has 2 aromatic carbocycles. The van der Waals surface area contributed by atoms with Crippen molar-refractivity contribution in [1.29, 1.82) is 0 Å². The van der Waals surface area contributed by atoms with Crippen LogP contribution in [-0.2, 0) is 4.74 Å². The zero-order valence-electron chi connectivity index (χ0n) is 16.2. The number of rotatable bonds is 6. The Balaban J connectivity index is 1.55. The Hall–Kier alpha value is -3.52. The Kier molecular flexibility index (Phi) is 5.92. The monoisotopic (exact) mass is 389 g/mol. The lowest BCUT2D eigenvalue weighted by molar-refractivity contribution is 0.122. The first-order valence-electron chi connectivity index (χ1n) is 9.53. The quantitative estimate of drug-likeness (QED) is 0.494. The number of hydrogen-bond acceptors (Lipinski definition) is 8. The molecule has 1 aliphatic heterocycles. The summed E-state index contributed by atoms with van der Waals surface area (Å²) >= 11 is 0. The van der Waals surface area contributed by atoms with E-state index in [-0.39, 0.29) is 0 Å². The summed E-state index contributed by atoms with van der Waals surface area (Å²) in [6, 6.07) is 17.9. The minimum absolute atomic E-state index is 0.378. The number of anilines is 4. The van der Waals surface area contributed by atoms with Gasteiger partial charge in [-0.05, 0) is 24.6 Å². The van der Waals surface area contributed by atoms with Crippen LogP contribution in [0.4, 0.5) is 23.5 Å². The zero-order valence-corrected chi connectivity index (χ0v) is 16.2. The minimum Gasteiger partial charge on any atom is -0.378 e. The van der Waals surface area contributed by atoms with Gasteiger partial charge in [-0.25, -0.2) is 5.43 Å². The standard InChI is InChI=1S/C21H23N7O/c1-16-7-9-17(10-8-16)15-22-27-20-24-19(23-18-5-3-2-4-6-18)25-21(26-20)28-11-13-29-14-12-28/h2-10,15H,11-14H2,1H3,(H2,23,24,25,26,27)/b22-15+. The molecular formula is C21H23N7O. The van der Waals surface area contributed by atoms with Crippen molar-refractivity contribution in [1.82, 2.24) is 15.0 Å². The summed E-state index contributed by atoms with van der Waals surface area (Å²) in [7, 11) is 0. The van der Waals surface area contributed by atoms with E-state index in [2.05, 4.69) is 42.6 Å². The van der Waals surface area contributed by atoms with Crippen LogP contribution >= 0.6 is 0 Å². The lowest BCUT2D eigenvalue weighted by Crippen LogP contribution is -2.37. The number of ether oxygens (including phenoxy) is 1. The van der Waals surface area contributed by atoms with Gasteiger partial charge in [0.15, 0.2) is 0 Å². The number of nitrogens with zero attached hydrogens (tertiary/aromatic N) is 5. The van der Waals surface area contributed by atoms with Gasteiger partial charge in [-0.15, -0.1) is 0 Å².